The molecule has 1 aliphatic carbocycles. The molecule has 3 aromatic rings. The Morgan fingerprint density at radius 1 is 1.06 bits per heavy atom. The van der Waals surface area contributed by atoms with Gasteiger partial charge in [-0.1, -0.05) is 42.5 Å². The van der Waals surface area contributed by atoms with E-state index in [2.05, 4.69) is 15.6 Å². The largest absolute Gasteiger partial charge is 0.495 e. The van der Waals surface area contributed by atoms with Gasteiger partial charge in [0.15, 0.2) is 0 Å². The predicted molar refractivity (Wildman–Crippen MR) is 121 cm³/mol. The van der Waals surface area contributed by atoms with Crippen LogP contribution in [0.25, 0.3) is 0 Å². The van der Waals surface area contributed by atoms with E-state index >= 15 is 0 Å². The van der Waals surface area contributed by atoms with Crippen LogP contribution in [0.15, 0.2) is 72.9 Å². The van der Waals surface area contributed by atoms with Crippen molar-refractivity contribution in [3.8, 4) is 5.75 Å². The normalized spacial score (nSPS) is 17.8. The number of ether oxygens (including phenoxy) is 2. The van der Waals surface area contributed by atoms with E-state index in [1.165, 1.54) is 0 Å². The standard InChI is InChI=1S/C25H27N3O3/c1-30-23-12-6-5-10-20(23)27-19-14-15-26-22(16-19)25(29)28-21-11-7-13-24(21)31-17-18-8-3-2-4-9-18/h2-6,8-10,12,14-16,21,24H,7,11,13,17H2,1H3,(H,26,27)(H,28,29)/t21-,24-/m0/s1. The van der Waals surface area contributed by atoms with Gasteiger partial charge < -0.3 is 20.1 Å². The molecule has 1 heterocycles. The van der Waals surface area contributed by atoms with E-state index < -0.39 is 0 Å². The summed E-state index contributed by atoms with van der Waals surface area (Å²) in [6, 6.07) is 21.3. The maximum absolute atomic E-state index is 12.9. The summed E-state index contributed by atoms with van der Waals surface area (Å²) in [6.07, 6.45) is 4.53. The smallest absolute Gasteiger partial charge is 0.270 e. The van der Waals surface area contributed by atoms with Gasteiger partial charge >= 0.3 is 0 Å². The Balaban J connectivity index is 1.38. The van der Waals surface area contributed by atoms with E-state index in [0.29, 0.717) is 12.3 Å². The van der Waals surface area contributed by atoms with Gasteiger partial charge in [-0.05, 0) is 49.1 Å². The average Bonchev–Trinajstić information content (AvgIpc) is 3.26. The lowest BCUT2D eigenvalue weighted by Crippen LogP contribution is -2.41. The van der Waals surface area contributed by atoms with E-state index in [9.17, 15) is 4.79 Å². The Labute approximate surface area is 182 Å². The molecule has 1 fully saturated rings. The van der Waals surface area contributed by atoms with Gasteiger partial charge in [0.05, 0.1) is 31.5 Å². The molecule has 4 rings (SSSR count). The number of hydrogen-bond acceptors (Lipinski definition) is 5. The first-order chi connectivity index (χ1) is 15.2. The fraction of sp³-hybridized carbons (Fsp3) is 0.280. The summed E-state index contributed by atoms with van der Waals surface area (Å²) in [4.78, 5) is 17.1. The zero-order valence-corrected chi connectivity index (χ0v) is 17.6. The van der Waals surface area contributed by atoms with Crippen molar-refractivity contribution in [1.29, 1.82) is 0 Å². The zero-order chi connectivity index (χ0) is 21.5. The minimum absolute atomic E-state index is 0.0103. The third-order valence-electron chi connectivity index (χ3n) is 5.45. The van der Waals surface area contributed by atoms with Crippen LogP contribution in [0.3, 0.4) is 0 Å². The fourth-order valence-corrected chi connectivity index (χ4v) is 3.85. The van der Waals surface area contributed by atoms with Crippen molar-refractivity contribution in [1.82, 2.24) is 10.3 Å². The minimum atomic E-state index is -0.191. The number of aromatic nitrogens is 1. The molecule has 2 N–H and O–H groups in total. The number of rotatable bonds is 8. The number of pyridine rings is 1. The molecule has 0 unspecified atom stereocenters. The molecule has 2 atom stereocenters. The van der Waals surface area contributed by atoms with Crippen molar-refractivity contribution < 1.29 is 14.3 Å². The third-order valence-corrected chi connectivity index (χ3v) is 5.45. The lowest BCUT2D eigenvalue weighted by molar-refractivity contribution is 0.0271. The number of benzene rings is 2. The lowest BCUT2D eigenvalue weighted by atomic mass is 10.2. The number of methoxy groups -OCH3 is 1. The van der Waals surface area contributed by atoms with Crippen LogP contribution in [-0.2, 0) is 11.3 Å². The first-order valence-corrected chi connectivity index (χ1v) is 10.6. The maximum Gasteiger partial charge on any atom is 0.270 e. The molecule has 160 valence electrons. The van der Waals surface area contributed by atoms with Crippen molar-refractivity contribution in [3.63, 3.8) is 0 Å². The van der Waals surface area contributed by atoms with Crippen LogP contribution >= 0.6 is 0 Å². The van der Waals surface area contributed by atoms with Crippen molar-refractivity contribution in [3.05, 3.63) is 84.2 Å². The Morgan fingerprint density at radius 3 is 2.71 bits per heavy atom. The first kappa shape index (κ1) is 20.9. The topological polar surface area (TPSA) is 72.5 Å². The highest BCUT2D eigenvalue weighted by atomic mass is 16.5. The Bertz CT molecular complexity index is 1010. The number of amides is 1. The van der Waals surface area contributed by atoms with E-state index in [0.717, 1.165) is 42.0 Å². The molecule has 1 saturated carbocycles. The van der Waals surface area contributed by atoms with Crippen molar-refractivity contribution in [2.45, 2.75) is 38.0 Å². The molecule has 1 amide bonds. The quantitative estimate of drug-likeness (QED) is 0.556. The molecule has 0 aliphatic heterocycles. The van der Waals surface area contributed by atoms with Gasteiger partial charge in [-0.15, -0.1) is 0 Å². The molecule has 31 heavy (non-hydrogen) atoms. The Hall–Kier alpha value is -3.38. The third kappa shape index (κ3) is 5.41. The minimum Gasteiger partial charge on any atom is -0.495 e. The molecule has 0 spiro atoms. The Morgan fingerprint density at radius 2 is 1.87 bits per heavy atom. The molecule has 2 aromatic carbocycles. The van der Waals surface area contributed by atoms with Crippen molar-refractivity contribution in [2.24, 2.45) is 0 Å². The highest BCUT2D eigenvalue weighted by molar-refractivity contribution is 5.93. The van der Waals surface area contributed by atoms with Gasteiger partial charge in [0.1, 0.15) is 11.4 Å². The molecule has 6 heteroatoms. The summed E-state index contributed by atoms with van der Waals surface area (Å²) in [5.41, 5.74) is 3.10. The molecule has 0 radical (unpaired) electrons. The van der Waals surface area contributed by atoms with Gasteiger partial charge in [0.2, 0.25) is 0 Å². The van der Waals surface area contributed by atoms with E-state index in [1.54, 1.807) is 19.4 Å². The number of para-hydroxylation sites is 2. The van der Waals surface area contributed by atoms with Crippen LogP contribution in [0.1, 0.15) is 35.3 Å². The predicted octanol–water partition coefficient (Wildman–Crippen LogP) is 4.70. The molecule has 0 bridgehead atoms. The van der Waals surface area contributed by atoms with Crippen LogP contribution in [0, 0.1) is 0 Å². The number of nitrogens with zero attached hydrogens (tertiary/aromatic N) is 1. The first-order valence-electron chi connectivity index (χ1n) is 10.6. The summed E-state index contributed by atoms with van der Waals surface area (Å²) >= 11 is 0. The second kappa shape index (κ2) is 10.1. The van der Waals surface area contributed by atoms with Crippen LogP contribution < -0.4 is 15.4 Å². The zero-order valence-electron chi connectivity index (χ0n) is 17.6. The van der Waals surface area contributed by atoms with Crippen molar-refractivity contribution >= 4 is 17.3 Å². The summed E-state index contributed by atoms with van der Waals surface area (Å²) in [6.45, 7) is 0.550. The lowest BCUT2D eigenvalue weighted by Gasteiger charge is -2.21. The van der Waals surface area contributed by atoms with E-state index in [-0.39, 0.29) is 18.1 Å². The van der Waals surface area contributed by atoms with Gasteiger partial charge in [-0.25, -0.2) is 0 Å². The molecule has 6 nitrogen and oxygen atoms in total. The highest BCUT2D eigenvalue weighted by Gasteiger charge is 2.30. The molecule has 1 aromatic heterocycles. The van der Waals surface area contributed by atoms with Crippen molar-refractivity contribution in [2.75, 3.05) is 12.4 Å². The number of carbonyl (C=O) groups excluding carboxylic acids is 1. The summed E-state index contributed by atoms with van der Waals surface area (Å²) in [5.74, 6) is 0.540. The summed E-state index contributed by atoms with van der Waals surface area (Å²) < 4.78 is 11.5. The number of hydrogen-bond donors (Lipinski definition) is 2. The van der Waals surface area contributed by atoms with E-state index in [1.807, 2.05) is 60.7 Å². The Kier molecular flexibility index (Phi) is 6.79. The summed E-state index contributed by atoms with van der Waals surface area (Å²) in [5, 5.41) is 6.41. The van der Waals surface area contributed by atoms with Crippen LogP contribution in [0.2, 0.25) is 0 Å². The van der Waals surface area contributed by atoms with Crippen LogP contribution in [0.4, 0.5) is 11.4 Å². The highest BCUT2D eigenvalue weighted by Crippen LogP contribution is 2.27. The number of carbonyl (C=O) groups is 1. The van der Waals surface area contributed by atoms with Gasteiger partial charge in [0, 0.05) is 11.9 Å². The average molecular weight is 418 g/mol. The van der Waals surface area contributed by atoms with E-state index in [4.69, 9.17) is 9.47 Å². The monoisotopic (exact) mass is 417 g/mol. The maximum atomic E-state index is 12.9. The second-order valence-corrected chi connectivity index (χ2v) is 7.60. The SMILES string of the molecule is COc1ccccc1Nc1ccnc(C(=O)N[C@H]2CCC[C@@H]2OCc2ccccc2)c1. The second-order valence-electron chi connectivity index (χ2n) is 7.60. The molecule has 0 saturated heterocycles. The number of nitrogens with one attached hydrogen (secondary N) is 2. The molecular formula is C25H27N3O3. The van der Waals surface area contributed by atoms with Crippen LogP contribution in [-0.4, -0.2) is 30.1 Å². The fourth-order valence-electron chi connectivity index (χ4n) is 3.85. The molecule has 1 aliphatic rings. The van der Waals surface area contributed by atoms with Gasteiger partial charge in [-0.2, -0.15) is 0 Å². The van der Waals surface area contributed by atoms with Crippen LogP contribution in [0.5, 0.6) is 5.75 Å². The summed E-state index contributed by atoms with van der Waals surface area (Å²) in [7, 11) is 1.63. The molecular weight excluding hydrogens is 390 g/mol. The number of anilines is 2. The van der Waals surface area contributed by atoms with Gasteiger partial charge in [0.25, 0.3) is 5.91 Å². The van der Waals surface area contributed by atoms with Gasteiger partial charge in [-0.3, -0.25) is 9.78 Å².